The Hall–Kier alpha value is -2.14. The molecule has 0 saturated heterocycles. The predicted octanol–water partition coefficient (Wildman–Crippen LogP) is 19.9. The first kappa shape index (κ1) is 63.9. The van der Waals surface area contributed by atoms with E-state index in [2.05, 4.69) is 63.3 Å². The Labute approximate surface area is 412 Å². The molecule has 386 valence electrons. The summed E-state index contributed by atoms with van der Waals surface area (Å²) in [5.74, 6) is -0.472. The van der Waals surface area contributed by atoms with Gasteiger partial charge in [-0.1, -0.05) is 294 Å². The summed E-state index contributed by atoms with van der Waals surface area (Å²) in [7, 11) is 0. The highest BCUT2D eigenvalue weighted by Crippen LogP contribution is 2.17. The summed E-state index contributed by atoms with van der Waals surface area (Å²) in [6.45, 7) is 7.70. The molecule has 0 aromatic carbocycles. The molecule has 0 aromatic heterocycles. The van der Waals surface area contributed by atoms with Crippen molar-refractivity contribution in [2.75, 3.05) is 19.8 Å². The van der Waals surface area contributed by atoms with Crippen molar-refractivity contribution in [3.63, 3.8) is 0 Å². The minimum Gasteiger partial charge on any atom is -0.462 e. The second-order valence-corrected chi connectivity index (χ2v) is 19.5. The van der Waals surface area contributed by atoms with Gasteiger partial charge in [0.2, 0.25) is 0 Å². The van der Waals surface area contributed by atoms with Gasteiger partial charge in [0.25, 0.3) is 0 Å². The maximum absolute atomic E-state index is 12.8. The van der Waals surface area contributed by atoms with Crippen molar-refractivity contribution in [2.24, 2.45) is 0 Å². The third-order valence-electron chi connectivity index (χ3n) is 12.9. The molecule has 0 N–H and O–H groups in total. The van der Waals surface area contributed by atoms with Crippen LogP contribution in [0.25, 0.3) is 0 Å². The van der Waals surface area contributed by atoms with Crippen LogP contribution < -0.4 is 0 Å². The second-order valence-electron chi connectivity index (χ2n) is 19.5. The lowest BCUT2D eigenvalue weighted by Crippen LogP contribution is -2.30. The molecule has 0 fully saturated rings. The average molecular weight is 926 g/mol. The van der Waals surface area contributed by atoms with E-state index in [0.29, 0.717) is 25.9 Å². The summed E-state index contributed by atoms with van der Waals surface area (Å²) in [6.07, 6.45) is 71.6. The molecule has 0 spiro atoms. The van der Waals surface area contributed by atoms with E-state index < -0.39 is 6.10 Å². The molecule has 0 bridgehead atoms. The Kier molecular flexibility index (Phi) is 55.3. The Bertz CT molecular complexity index is 1090. The molecular formula is C61H112O5. The Morgan fingerprint density at radius 2 is 0.682 bits per heavy atom. The van der Waals surface area contributed by atoms with Gasteiger partial charge in [-0.25, -0.2) is 0 Å². The molecule has 0 aliphatic rings. The third-order valence-corrected chi connectivity index (χ3v) is 12.9. The van der Waals surface area contributed by atoms with Crippen LogP contribution in [0.2, 0.25) is 0 Å². The number of hydrogen-bond acceptors (Lipinski definition) is 5. The van der Waals surface area contributed by atoms with E-state index in [1.54, 1.807) is 0 Å². The van der Waals surface area contributed by atoms with Crippen LogP contribution in [0, 0.1) is 0 Å². The first-order chi connectivity index (χ1) is 32.6. The first-order valence-corrected chi connectivity index (χ1v) is 29.2. The van der Waals surface area contributed by atoms with Crippen molar-refractivity contribution in [3.05, 3.63) is 48.6 Å². The fraction of sp³-hybridized carbons (Fsp3) is 0.836. The van der Waals surface area contributed by atoms with E-state index in [4.69, 9.17) is 14.2 Å². The zero-order valence-corrected chi connectivity index (χ0v) is 44.5. The fourth-order valence-electron chi connectivity index (χ4n) is 8.59. The average Bonchev–Trinajstić information content (AvgIpc) is 3.32. The van der Waals surface area contributed by atoms with Gasteiger partial charge in [-0.2, -0.15) is 0 Å². The van der Waals surface area contributed by atoms with Gasteiger partial charge in [0.15, 0.2) is 6.10 Å². The lowest BCUT2D eigenvalue weighted by atomic mass is 10.0. The molecule has 1 atom stereocenters. The van der Waals surface area contributed by atoms with Crippen LogP contribution in [0.15, 0.2) is 48.6 Å². The van der Waals surface area contributed by atoms with Crippen molar-refractivity contribution < 1.29 is 23.8 Å². The van der Waals surface area contributed by atoms with Crippen molar-refractivity contribution in [3.8, 4) is 0 Å². The largest absolute Gasteiger partial charge is 0.462 e. The van der Waals surface area contributed by atoms with Crippen LogP contribution in [0.4, 0.5) is 0 Å². The third kappa shape index (κ3) is 54.5. The van der Waals surface area contributed by atoms with E-state index in [1.807, 2.05) is 6.08 Å². The molecule has 0 rings (SSSR count). The van der Waals surface area contributed by atoms with E-state index in [0.717, 1.165) is 51.4 Å². The standard InChI is InChI=1S/C61H112O5/c1-4-7-10-13-16-19-22-25-27-29-30-31-33-35-38-41-44-47-50-53-56-64-57-59(66-61(63)55-52-49-46-43-40-36-24-21-18-15-12-9-6-3)58-65-60(62)54-51-48-45-42-39-37-34-32-28-26-23-20-17-14-11-8-5-2/h9,12,18,21,36,40,46,49,59H,4-8,10-11,13-17,19-20,22-35,37-39,41-45,47-48,50-58H2,1-3H3/b12-9-,21-18-,40-36-,49-46-. The van der Waals surface area contributed by atoms with Gasteiger partial charge < -0.3 is 14.2 Å². The van der Waals surface area contributed by atoms with Crippen molar-refractivity contribution in [1.29, 1.82) is 0 Å². The monoisotopic (exact) mass is 925 g/mol. The minimum atomic E-state index is -0.570. The summed E-state index contributed by atoms with van der Waals surface area (Å²) in [6, 6.07) is 0. The lowest BCUT2D eigenvalue weighted by molar-refractivity contribution is -0.162. The van der Waals surface area contributed by atoms with Gasteiger partial charge in [0, 0.05) is 19.4 Å². The van der Waals surface area contributed by atoms with Gasteiger partial charge in [0.05, 0.1) is 6.61 Å². The lowest BCUT2D eigenvalue weighted by Gasteiger charge is -2.18. The van der Waals surface area contributed by atoms with E-state index in [1.165, 1.54) is 212 Å². The van der Waals surface area contributed by atoms with Crippen molar-refractivity contribution >= 4 is 11.9 Å². The number of carbonyl (C=O) groups excluding carboxylic acids is 2. The highest BCUT2D eigenvalue weighted by atomic mass is 16.6. The van der Waals surface area contributed by atoms with E-state index in [9.17, 15) is 9.59 Å². The van der Waals surface area contributed by atoms with Gasteiger partial charge in [-0.05, 0) is 44.9 Å². The highest BCUT2D eigenvalue weighted by molar-refractivity contribution is 5.70. The second kappa shape index (κ2) is 57.2. The van der Waals surface area contributed by atoms with Gasteiger partial charge in [-0.3, -0.25) is 9.59 Å². The van der Waals surface area contributed by atoms with Crippen molar-refractivity contribution in [1.82, 2.24) is 0 Å². The molecule has 0 heterocycles. The zero-order valence-electron chi connectivity index (χ0n) is 44.5. The zero-order chi connectivity index (χ0) is 47.7. The number of carbonyl (C=O) groups is 2. The molecule has 0 saturated carbocycles. The molecule has 0 aliphatic heterocycles. The molecule has 5 nitrogen and oxygen atoms in total. The molecule has 0 aromatic rings. The number of rotatable bonds is 54. The van der Waals surface area contributed by atoms with E-state index in [-0.39, 0.29) is 25.2 Å². The minimum absolute atomic E-state index is 0.0623. The van der Waals surface area contributed by atoms with Gasteiger partial charge in [0.1, 0.15) is 6.61 Å². The molecule has 1 unspecified atom stereocenters. The summed E-state index contributed by atoms with van der Waals surface area (Å²) < 4.78 is 17.4. The number of allylic oxidation sites excluding steroid dienone is 8. The van der Waals surface area contributed by atoms with Crippen LogP contribution in [0.1, 0.15) is 303 Å². The molecule has 0 aliphatic carbocycles. The highest BCUT2D eigenvalue weighted by Gasteiger charge is 2.17. The number of hydrogen-bond donors (Lipinski definition) is 0. The summed E-state index contributed by atoms with van der Waals surface area (Å²) in [5.41, 5.74) is 0. The van der Waals surface area contributed by atoms with Gasteiger partial charge in [-0.15, -0.1) is 0 Å². The van der Waals surface area contributed by atoms with Crippen LogP contribution in [-0.4, -0.2) is 37.9 Å². The number of esters is 2. The summed E-state index contributed by atoms with van der Waals surface area (Å²) >= 11 is 0. The number of unbranched alkanes of at least 4 members (excludes halogenated alkanes) is 35. The van der Waals surface area contributed by atoms with Crippen LogP contribution in [0.3, 0.4) is 0 Å². The first-order valence-electron chi connectivity index (χ1n) is 29.2. The van der Waals surface area contributed by atoms with Crippen molar-refractivity contribution in [2.45, 2.75) is 309 Å². The van der Waals surface area contributed by atoms with Crippen LogP contribution in [-0.2, 0) is 23.8 Å². The molecule has 5 heteroatoms. The summed E-state index contributed by atoms with van der Waals surface area (Å²) in [5, 5.41) is 0. The van der Waals surface area contributed by atoms with E-state index >= 15 is 0 Å². The Morgan fingerprint density at radius 3 is 1.06 bits per heavy atom. The smallest absolute Gasteiger partial charge is 0.306 e. The summed E-state index contributed by atoms with van der Waals surface area (Å²) in [4.78, 5) is 25.4. The fourth-order valence-corrected chi connectivity index (χ4v) is 8.59. The molecule has 0 amide bonds. The maximum atomic E-state index is 12.8. The van der Waals surface area contributed by atoms with Crippen LogP contribution in [0.5, 0.6) is 0 Å². The normalized spacial score (nSPS) is 12.5. The number of ether oxygens (including phenoxy) is 3. The SMILES string of the molecule is CC/C=C\C/C=C\C/C=C\C/C=C\CCC(=O)OC(COCCCCCCCCCCCCCCCCCCCCCC)COC(=O)CCCCCCCCCCCCCCCCCCC. The predicted molar refractivity (Wildman–Crippen MR) is 288 cm³/mol. The molecular weight excluding hydrogens is 813 g/mol. The maximum Gasteiger partial charge on any atom is 0.306 e. The Morgan fingerprint density at radius 1 is 0.348 bits per heavy atom. The quantitative estimate of drug-likeness (QED) is 0.0345. The van der Waals surface area contributed by atoms with Crippen LogP contribution >= 0.6 is 0 Å². The molecule has 66 heavy (non-hydrogen) atoms. The molecule has 0 radical (unpaired) electrons. The van der Waals surface area contributed by atoms with Gasteiger partial charge >= 0.3 is 11.9 Å². The Balaban J connectivity index is 4.24. The topological polar surface area (TPSA) is 61.8 Å².